The van der Waals surface area contributed by atoms with Crippen molar-refractivity contribution >= 4 is 5.91 Å². The minimum Gasteiger partial charge on any atom is -0.341 e. The summed E-state index contributed by atoms with van der Waals surface area (Å²) in [4.78, 5) is 14.1. The first-order valence-electron chi connectivity index (χ1n) is 7.13. The average Bonchev–Trinajstić information content (AvgIpc) is 2.38. The fourth-order valence-electron chi connectivity index (χ4n) is 2.83. The Balaban J connectivity index is 2.48. The van der Waals surface area contributed by atoms with E-state index in [2.05, 4.69) is 20.8 Å². The average molecular weight is 240 g/mol. The van der Waals surface area contributed by atoms with Gasteiger partial charge in [-0.25, -0.2) is 0 Å². The largest absolute Gasteiger partial charge is 0.341 e. The number of hydrogen-bond acceptors (Lipinski definition) is 2. The molecule has 3 nitrogen and oxygen atoms in total. The predicted octanol–water partition coefficient (Wildman–Crippen LogP) is 2.54. The number of carbonyl (C=O) groups is 1. The van der Waals surface area contributed by atoms with E-state index in [0.717, 1.165) is 38.8 Å². The van der Waals surface area contributed by atoms with Crippen molar-refractivity contribution in [2.24, 2.45) is 11.1 Å². The molecule has 17 heavy (non-hydrogen) atoms. The van der Waals surface area contributed by atoms with Crippen LogP contribution in [0.1, 0.15) is 59.3 Å². The van der Waals surface area contributed by atoms with Crippen molar-refractivity contribution < 1.29 is 4.79 Å². The first-order chi connectivity index (χ1) is 8.08. The van der Waals surface area contributed by atoms with Gasteiger partial charge in [0.25, 0.3) is 0 Å². The van der Waals surface area contributed by atoms with Crippen LogP contribution >= 0.6 is 0 Å². The van der Waals surface area contributed by atoms with Crippen molar-refractivity contribution in [1.29, 1.82) is 0 Å². The topological polar surface area (TPSA) is 46.3 Å². The molecule has 0 bridgehead atoms. The highest BCUT2D eigenvalue weighted by atomic mass is 16.2. The summed E-state index contributed by atoms with van der Waals surface area (Å²) in [6.45, 7) is 8.41. The van der Waals surface area contributed by atoms with Crippen LogP contribution in [0.2, 0.25) is 0 Å². The lowest BCUT2D eigenvalue weighted by Gasteiger charge is -2.41. The fourth-order valence-corrected chi connectivity index (χ4v) is 2.83. The number of nitrogens with zero attached hydrogens (tertiary/aromatic N) is 1. The van der Waals surface area contributed by atoms with Gasteiger partial charge in [0.05, 0.1) is 6.04 Å². The molecule has 0 aromatic rings. The Hall–Kier alpha value is -0.570. The molecule has 1 aliphatic rings. The molecule has 1 saturated heterocycles. The third-order valence-corrected chi connectivity index (χ3v) is 4.55. The fraction of sp³-hybridized carbons (Fsp3) is 0.929. The SMILES string of the molecule is CCCC(N)C(=O)N1CCC(CC)(CC)CC1. The molecule has 2 N–H and O–H groups in total. The van der Waals surface area contributed by atoms with E-state index in [4.69, 9.17) is 5.73 Å². The van der Waals surface area contributed by atoms with E-state index in [1.807, 2.05) is 4.90 Å². The lowest BCUT2D eigenvalue weighted by atomic mass is 9.74. The van der Waals surface area contributed by atoms with Gasteiger partial charge in [0.1, 0.15) is 0 Å². The van der Waals surface area contributed by atoms with E-state index >= 15 is 0 Å². The molecular formula is C14H28N2O. The molecule has 1 heterocycles. The Morgan fingerprint density at radius 1 is 1.24 bits per heavy atom. The molecule has 1 aliphatic heterocycles. The normalized spacial score (nSPS) is 21.3. The van der Waals surface area contributed by atoms with Crippen LogP contribution in [-0.2, 0) is 4.79 Å². The molecule has 3 heteroatoms. The number of nitrogens with two attached hydrogens (primary N) is 1. The van der Waals surface area contributed by atoms with Gasteiger partial charge < -0.3 is 10.6 Å². The van der Waals surface area contributed by atoms with Crippen LogP contribution in [0.3, 0.4) is 0 Å². The standard InChI is InChI=1S/C14H28N2O/c1-4-7-12(15)13(17)16-10-8-14(5-2,6-3)9-11-16/h12H,4-11,15H2,1-3H3. The minimum atomic E-state index is -0.282. The van der Waals surface area contributed by atoms with Crippen LogP contribution in [0.4, 0.5) is 0 Å². The maximum absolute atomic E-state index is 12.1. The Kier molecular flexibility index (Phi) is 5.44. The summed E-state index contributed by atoms with van der Waals surface area (Å²) in [7, 11) is 0. The van der Waals surface area contributed by atoms with Crippen molar-refractivity contribution in [2.75, 3.05) is 13.1 Å². The first kappa shape index (κ1) is 14.5. The van der Waals surface area contributed by atoms with Crippen LogP contribution in [0.25, 0.3) is 0 Å². The van der Waals surface area contributed by atoms with E-state index in [9.17, 15) is 4.79 Å². The maximum Gasteiger partial charge on any atom is 0.239 e. The number of hydrogen-bond donors (Lipinski definition) is 1. The smallest absolute Gasteiger partial charge is 0.239 e. The van der Waals surface area contributed by atoms with Crippen molar-refractivity contribution in [3.8, 4) is 0 Å². The summed E-state index contributed by atoms with van der Waals surface area (Å²) >= 11 is 0. The van der Waals surface area contributed by atoms with E-state index in [-0.39, 0.29) is 11.9 Å². The highest BCUT2D eigenvalue weighted by Gasteiger charge is 2.33. The molecule has 0 saturated carbocycles. The van der Waals surface area contributed by atoms with Crippen LogP contribution < -0.4 is 5.73 Å². The van der Waals surface area contributed by atoms with Gasteiger partial charge in [-0.2, -0.15) is 0 Å². The molecule has 100 valence electrons. The lowest BCUT2D eigenvalue weighted by molar-refractivity contribution is -0.135. The predicted molar refractivity (Wildman–Crippen MR) is 71.7 cm³/mol. The third kappa shape index (κ3) is 3.44. The monoisotopic (exact) mass is 240 g/mol. The highest BCUT2D eigenvalue weighted by Crippen LogP contribution is 2.37. The molecular weight excluding hydrogens is 212 g/mol. The summed E-state index contributed by atoms with van der Waals surface area (Å²) in [6, 6.07) is -0.282. The summed E-state index contributed by atoms with van der Waals surface area (Å²) in [6.07, 6.45) is 6.53. The van der Waals surface area contributed by atoms with Gasteiger partial charge >= 0.3 is 0 Å². The third-order valence-electron chi connectivity index (χ3n) is 4.55. The van der Waals surface area contributed by atoms with Crippen molar-refractivity contribution in [3.63, 3.8) is 0 Å². The summed E-state index contributed by atoms with van der Waals surface area (Å²) < 4.78 is 0. The Morgan fingerprint density at radius 2 is 1.76 bits per heavy atom. The van der Waals surface area contributed by atoms with Gasteiger partial charge in [-0.15, -0.1) is 0 Å². The highest BCUT2D eigenvalue weighted by molar-refractivity contribution is 5.81. The summed E-state index contributed by atoms with van der Waals surface area (Å²) in [5.74, 6) is 0.160. The van der Waals surface area contributed by atoms with Crippen LogP contribution in [0.5, 0.6) is 0 Å². The molecule has 1 unspecified atom stereocenters. The van der Waals surface area contributed by atoms with E-state index in [0.29, 0.717) is 5.41 Å². The molecule has 1 rings (SSSR count). The Labute approximate surface area is 106 Å². The van der Waals surface area contributed by atoms with Crippen molar-refractivity contribution in [3.05, 3.63) is 0 Å². The molecule has 1 atom stereocenters. The Bertz CT molecular complexity index is 239. The van der Waals surface area contributed by atoms with Gasteiger partial charge in [0.15, 0.2) is 0 Å². The second-order valence-electron chi connectivity index (χ2n) is 5.43. The molecule has 1 amide bonds. The number of piperidine rings is 1. The zero-order valence-electron chi connectivity index (χ0n) is 11.7. The number of likely N-dealkylation sites (tertiary alicyclic amines) is 1. The first-order valence-corrected chi connectivity index (χ1v) is 7.13. The van der Waals surface area contributed by atoms with E-state index < -0.39 is 0 Å². The van der Waals surface area contributed by atoms with Gasteiger partial charge in [-0.3, -0.25) is 4.79 Å². The van der Waals surface area contributed by atoms with Crippen LogP contribution in [-0.4, -0.2) is 29.9 Å². The lowest BCUT2D eigenvalue weighted by Crippen LogP contribution is -2.49. The Morgan fingerprint density at radius 3 is 2.18 bits per heavy atom. The second-order valence-corrected chi connectivity index (χ2v) is 5.43. The van der Waals surface area contributed by atoms with Crippen molar-refractivity contribution in [2.45, 2.75) is 65.3 Å². The number of amides is 1. The molecule has 1 fully saturated rings. The van der Waals surface area contributed by atoms with E-state index in [1.54, 1.807) is 0 Å². The molecule has 0 aliphatic carbocycles. The van der Waals surface area contributed by atoms with Gasteiger partial charge in [0.2, 0.25) is 5.91 Å². The summed E-state index contributed by atoms with van der Waals surface area (Å²) in [5, 5.41) is 0. The molecule has 0 aromatic carbocycles. The maximum atomic E-state index is 12.1. The number of carbonyl (C=O) groups excluding carboxylic acids is 1. The van der Waals surface area contributed by atoms with Crippen LogP contribution in [0.15, 0.2) is 0 Å². The summed E-state index contributed by atoms with van der Waals surface area (Å²) in [5.41, 5.74) is 6.38. The van der Waals surface area contributed by atoms with Crippen LogP contribution in [0, 0.1) is 5.41 Å². The zero-order valence-corrected chi connectivity index (χ0v) is 11.7. The minimum absolute atomic E-state index is 0.160. The zero-order chi connectivity index (χ0) is 12.9. The molecule has 0 spiro atoms. The second kappa shape index (κ2) is 6.39. The van der Waals surface area contributed by atoms with Gasteiger partial charge in [-0.05, 0) is 24.7 Å². The quantitative estimate of drug-likeness (QED) is 0.802. The molecule has 0 aromatic heterocycles. The number of rotatable bonds is 5. The van der Waals surface area contributed by atoms with Gasteiger partial charge in [-0.1, -0.05) is 40.0 Å². The van der Waals surface area contributed by atoms with Crippen molar-refractivity contribution in [1.82, 2.24) is 4.90 Å². The van der Waals surface area contributed by atoms with E-state index in [1.165, 1.54) is 12.8 Å². The van der Waals surface area contributed by atoms with Gasteiger partial charge in [0, 0.05) is 13.1 Å². The molecule has 0 radical (unpaired) electrons.